The number of hydrogen-bond donors (Lipinski definition) is 3. The van der Waals surface area contributed by atoms with Crippen LogP contribution in [-0.4, -0.2) is 22.9 Å². The molecule has 1 aliphatic carbocycles. The number of benzene rings is 1. The average Bonchev–Trinajstić information content (AvgIpc) is 2.63. The number of aromatic amines is 1. The molecular formula is C20H23N3O4. The molecule has 7 heteroatoms. The van der Waals surface area contributed by atoms with Gasteiger partial charge in [0, 0.05) is 5.69 Å². The molecule has 0 spiro atoms. The molecule has 0 saturated carbocycles. The lowest BCUT2D eigenvalue weighted by atomic mass is 9.90. The SMILES string of the molecule is Cc1ccc(OC(C)C(=O)NC2CCCc3[nH]c(=O)c(C(N)=O)cc32)cc1. The third kappa shape index (κ3) is 4.19. The second-order valence-electron chi connectivity index (χ2n) is 6.84. The standard InChI is InChI=1S/C20H23N3O4/c1-11-6-8-13(9-7-11)27-12(2)19(25)22-16-4-3-5-17-14(16)10-15(18(21)24)20(26)23-17/h6-10,12,16H,3-5H2,1-2H3,(H2,21,24)(H,22,25)(H,23,26). The Bertz CT molecular complexity index is 918. The van der Waals surface area contributed by atoms with E-state index in [2.05, 4.69) is 10.3 Å². The normalized spacial score (nSPS) is 16.9. The van der Waals surface area contributed by atoms with E-state index in [0.29, 0.717) is 18.6 Å². The summed E-state index contributed by atoms with van der Waals surface area (Å²) in [5, 5.41) is 2.95. The molecule has 0 bridgehead atoms. The van der Waals surface area contributed by atoms with Gasteiger partial charge in [-0.25, -0.2) is 0 Å². The van der Waals surface area contributed by atoms with Crippen molar-refractivity contribution in [2.45, 2.75) is 45.3 Å². The van der Waals surface area contributed by atoms with E-state index in [-0.39, 0.29) is 17.5 Å². The highest BCUT2D eigenvalue weighted by atomic mass is 16.5. The Balaban J connectivity index is 1.75. The van der Waals surface area contributed by atoms with E-state index in [4.69, 9.17) is 10.5 Å². The zero-order valence-corrected chi connectivity index (χ0v) is 15.4. The van der Waals surface area contributed by atoms with Gasteiger partial charge in [-0.1, -0.05) is 17.7 Å². The monoisotopic (exact) mass is 369 g/mol. The number of nitrogens with two attached hydrogens (primary N) is 1. The first-order chi connectivity index (χ1) is 12.8. The Morgan fingerprint density at radius 1 is 1.30 bits per heavy atom. The van der Waals surface area contributed by atoms with E-state index in [0.717, 1.165) is 23.2 Å². The largest absolute Gasteiger partial charge is 0.481 e. The molecular weight excluding hydrogens is 346 g/mol. The molecule has 7 nitrogen and oxygen atoms in total. The van der Waals surface area contributed by atoms with Crippen molar-refractivity contribution < 1.29 is 14.3 Å². The van der Waals surface area contributed by atoms with Crippen LogP contribution in [0.1, 0.15) is 53.0 Å². The molecule has 1 heterocycles. The topological polar surface area (TPSA) is 114 Å². The van der Waals surface area contributed by atoms with Crippen LogP contribution in [0.15, 0.2) is 35.1 Å². The highest BCUT2D eigenvalue weighted by molar-refractivity contribution is 5.92. The molecule has 2 aromatic rings. The van der Waals surface area contributed by atoms with Crippen molar-refractivity contribution in [3.05, 3.63) is 63.1 Å². The molecule has 2 amide bonds. The zero-order chi connectivity index (χ0) is 19.6. The number of fused-ring (bicyclic) bond motifs is 1. The summed E-state index contributed by atoms with van der Waals surface area (Å²) in [6, 6.07) is 8.65. The summed E-state index contributed by atoms with van der Waals surface area (Å²) in [6.07, 6.45) is 1.53. The van der Waals surface area contributed by atoms with Gasteiger partial charge in [0.15, 0.2) is 6.10 Å². The van der Waals surface area contributed by atoms with Gasteiger partial charge in [0.25, 0.3) is 17.4 Å². The smallest absolute Gasteiger partial charge is 0.261 e. The number of aromatic nitrogens is 1. The molecule has 0 aliphatic heterocycles. The number of rotatable bonds is 5. The molecule has 1 aliphatic rings. The van der Waals surface area contributed by atoms with Gasteiger partial charge in [-0.3, -0.25) is 14.4 Å². The van der Waals surface area contributed by atoms with Gasteiger partial charge >= 0.3 is 0 Å². The van der Waals surface area contributed by atoms with Crippen LogP contribution in [0.2, 0.25) is 0 Å². The number of nitrogens with one attached hydrogen (secondary N) is 2. The maximum Gasteiger partial charge on any atom is 0.261 e. The third-order valence-electron chi connectivity index (χ3n) is 4.74. The molecule has 3 rings (SSSR count). The van der Waals surface area contributed by atoms with Crippen molar-refractivity contribution in [3.8, 4) is 5.75 Å². The Morgan fingerprint density at radius 3 is 2.67 bits per heavy atom. The quantitative estimate of drug-likeness (QED) is 0.745. The van der Waals surface area contributed by atoms with Gasteiger partial charge < -0.3 is 20.8 Å². The molecule has 2 atom stereocenters. The van der Waals surface area contributed by atoms with Gasteiger partial charge in [0.1, 0.15) is 11.3 Å². The second-order valence-corrected chi connectivity index (χ2v) is 6.84. The highest BCUT2D eigenvalue weighted by Crippen LogP contribution is 2.28. The fourth-order valence-electron chi connectivity index (χ4n) is 3.24. The predicted molar refractivity (Wildman–Crippen MR) is 101 cm³/mol. The van der Waals surface area contributed by atoms with E-state index in [1.165, 1.54) is 6.07 Å². The van der Waals surface area contributed by atoms with Crippen LogP contribution in [0.5, 0.6) is 5.75 Å². The number of aryl methyl sites for hydroxylation is 2. The van der Waals surface area contributed by atoms with E-state index >= 15 is 0 Å². The number of amides is 2. The Hall–Kier alpha value is -3.09. The molecule has 0 fully saturated rings. The molecule has 2 unspecified atom stereocenters. The lowest BCUT2D eigenvalue weighted by Crippen LogP contribution is -2.40. The van der Waals surface area contributed by atoms with E-state index in [9.17, 15) is 14.4 Å². The number of pyridine rings is 1. The van der Waals surface area contributed by atoms with Crippen LogP contribution in [0.25, 0.3) is 0 Å². The van der Waals surface area contributed by atoms with Crippen LogP contribution in [0, 0.1) is 6.92 Å². The molecule has 1 aromatic heterocycles. The summed E-state index contributed by atoms with van der Waals surface area (Å²) in [5.41, 5.74) is 7.24. The summed E-state index contributed by atoms with van der Waals surface area (Å²) in [6.45, 7) is 3.66. The second kappa shape index (κ2) is 7.65. The van der Waals surface area contributed by atoms with E-state index in [1.807, 2.05) is 31.2 Å². The number of carbonyl (C=O) groups excluding carboxylic acids is 2. The minimum atomic E-state index is -0.786. The summed E-state index contributed by atoms with van der Waals surface area (Å²) in [4.78, 5) is 38.7. The minimum Gasteiger partial charge on any atom is -0.481 e. The number of H-pyrrole nitrogens is 1. The summed E-state index contributed by atoms with van der Waals surface area (Å²) >= 11 is 0. The number of ether oxygens (including phenoxy) is 1. The summed E-state index contributed by atoms with van der Waals surface area (Å²) < 4.78 is 5.70. The first kappa shape index (κ1) is 18.7. The first-order valence-corrected chi connectivity index (χ1v) is 8.94. The Morgan fingerprint density at radius 2 is 2.00 bits per heavy atom. The maximum absolute atomic E-state index is 12.6. The van der Waals surface area contributed by atoms with Crippen molar-refractivity contribution in [3.63, 3.8) is 0 Å². The van der Waals surface area contributed by atoms with Crippen molar-refractivity contribution in [1.82, 2.24) is 10.3 Å². The molecule has 1 aromatic carbocycles. The van der Waals surface area contributed by atoms with Gasteiger partial charge in [0.2, 0.25) is 0 Å². The predicted octanol–water partition coefficient (Wildman–Crippen LogP) is 1.74. The molecule has 142 valence electrons. The molecule has 4 N–H and O–H groups in total. The zero-order valence-electron chi connectivity index (χ0n) is 15.4. The van der Waals surface area contributed by atoms with Crippen LogP contribution < -0.4 is 21.3 Å². The molecule has 27 heavy (non-hydrogen) atoms. The molecule has 0 radical (unpaired) electrons. The average molecular weight is 369 g/mol. The first-order valence-electron chi connectivity index (χ1n) is 8.94. The van der Waals surface area contributed by atoms with E-state index in [1.54, 1.807) is 6.92 Å². The highest BCUT2D eigenvalue weighted by Gasteiger charge is 2.26. The van der Waals surface area contributed by atoms with Crippen molar-refractivity contribution in [2.24, 2.45) is 5.73 Å². The number of carbonyl (C=O) groups is 2. The van der Waals surface area contributed by atoms with Gasteiger partial charge in [-0.2, -0.15) is 0 Å². The Kier molecular flexibility index (Phi) is 5.30. The Labute approximate surface area is 156 Å². The fraction of sp³-hybridized carbons (Fsp3) is 0.350. The van der Waals surface area contributed by atoms with Crippen LogP contribution in [0.4, 0.5) is 0 Å². The van der Waals surface area contributed by atoms with Gasteiger partial charge in [-0.05, 0) is 56.9 Å². The minimum absolute atomic E-state index is 0.0983. The molecule has 0 saturated heterocycles. The number of primary amides is 1. The van der Waals surface area contributed by atoms with Crippen molar-refractivity contribution in [2.75, 3.05) is 0 Å². The van der Waals surface area contributed by atoms with E-state index < -0.39 is 17.6 Å². The summed E-state index contributed by atoms with van der Waals surface area (Å²) in [7, 11) is 0. The third-order valence-corrected chi connectivity index (χ3v) is 4.74. The number of hydrogen-bond acceptors (Lipinski definition) is 4. The van der Waals surface area contributed by atoms with Crippen LogP contribution in [-0.2, 0) is 11.2 Å². The van der Waals surface area contributed by atoms with Gasteiger partial charge in [-0.15, -0.1) is 0 Å². The van der Waals surface area contributed by atoms with Crippen molar-refractivity contribution in [1.29, 1.82) is 0 Å². The lowest BCUT2D eigenvalue weighted by molar-refractivity contribution is -0.128. The fourth-order valence-corrected chi connectivity index (χ4v) is 3.24. The maximum atomic E-state index is 12.6. The van der Waals surface area contributed by atoms with Gasteiger partial charge in [0.05, 0.1) is 6.04 Å². The lowest BCUT2D eigenvalue weighted by Gasteiger charge is -2.27. The summed E-state index contributed by atoms with van der Waals surface area (Å²) in [5.74, 6) is -0.432. The van der Waals surface area contributed by atoms with Crippen LogP contribution >= 0.6 is 0 Å². The van der Waals surface area contributed by atoms with Crippen molar-refractivity contribution >= 4 is 11.8 Å². The van der Waals surface area contributed by atoms with Crippen LogP contribution in [0.3, 0.4) is 0 Å².